The molecule has 7 heteroatoms. The average molecular weight is 326 g/mol. The van der Waals surface area contributed by atoms with Gasteiger partial charge < -0.3 is 4.90 Å². The van der Waals surface area contributed by atoms with Crippen molar-refractivity contribution in [2.24, 2.45) is 0 Å². The predicted octanol–water partition coefficient (Wildman–Crippen LogP) is 1.77. The van der Waals surface area contributed by atoms with Gasteiger partial charge in [-0.15, -0.1) is 0 Å². The summed E-state index contributed by atoms with van der Waals surface area (Å²) >= 11 is 0. The van der Waals surface area contributed by atoms with Crippen LogP contribution in [0.2, 0.25) is 0 Å². The summed E-state index contributed by atoms with van der Waals surface area (Å²) in [5.41, 5.74) is 2.34. The molecule has 4 rings (SSSR count). The van der Waals surface area contributed by atoms with Crippen LogP contribution >= 0.6 is 0 Å². The molecule has 0 bridgehead atoms. The van der Waals surface area contributed by atoms with E-state index in [1.807, 2.05) is 0 Å². The minimum atomic E-state index is -0.322. The smallest absolute Gasteiger partial charge is 0.272 e. The summed E-state index contributed by atoms with van der Waals surface area (Å²) in [7, 11) is 1.74. The van der Waals surface area contributed by atoms with Crippen molar-refractivity contribution >= 4 is 11.6 Å². The SMILES string of the molecule is CN1C[C@@H](c2cc(=O)n3[nH]cc(-c4ccc(F)cc4)c3n2)CC1=O. The third-order valence-electron chi connectivity index (χ3n) is 4.43. The molecule has 0 unspecified atom stereocenters. The van der Waals surface area contributed by atoms with Crippen molar-refractivity contribution in [1.82, 2.24) is 19.5 Å². The van der Waals surface area contributed by atoms with Gasteiger partial charge in [0.25, 0.3) is 5.56 Å². The van der Waals surface area contributed by atoms with Gasteiger partial charge in [0.1, 0.15) is 5.82 Å². The lowest BCUT2D eigenvalue weighted by molar-refractivity contribution is -0.126. The van der Waals surface area contributed by atoms with Crippen molar-refractivity contribution in [2.45, 2.75) is 12.3 Å². The third-order valence-corrected chi connectivity index (χ3v) is 4.43. The average Bonchev–Trinajstić information content (AvgIpc) is 3.13. The first-order chi connectivity index (χ1) is 11.5. The predicted molar refractivity (Wildman–Crippen MR) is 86.2 cm³/mol. The molecular weight excluding hydrogens is 311 g/mol. The molecule has 1 aliphatic heterocycles. The van der Waals surface area contributed by atoms with Gasteiger partial charge in [0, 0.05) is 43.8 Å². The van der Waals surface area contributed by atoms with Crippen LogP contribution in [0.5, 0.6) is 0 Å². The number of benzene rings is 1. The second-order valence-electron chi connectivity index (χ2n) is 6.05. The van der Waals surface area contributed by atoms with Crippen LogP contribution in [0.15, 0.2) is 41.3 Å². The van der Waals surface area contributed by atoms with Crippen LogP contribution < -0.4 is 5.56 Å². The van der Waals surface area contributed by atoms with E-state index >= 15 is 0 Å². The van der Waals surface area contributed by atoms with E-state index in [0.29, 0.717) is 29.9 Å². The fourth-order valence-electron chi connectivity index (χ4n) is 3.11. The minimum Gasteiger partial charge on any atom is -0.345 e. The highest BCUT2D eigenvalue weighted by molar-refractivity contribution is 5.80. The van der Waals surface area contributed by atoms with Gasteiger partial charge in [-0.1, -0.05) is 12.1 Å². The summed E-state index contributed by atoms with van der Waals surface area (Å²) in [6, 6.07) is 7.49. The Morgan fingerprint density at radius 3 is 2.67 bits per heavy atom. The van der Waals surface area contributed by atoms with E-state index in [1.54, 1.807) is 30.3 Å². The maximum absolute atomic E-state index is 13.1. The lowest BCUT2D eigenvalue weighted by Gasteiger charge is -2.10. The van der Waals surface area contributed by atoms with Crippen LogP contribution in [0.25, 0.3) is 16.8 Å². The monoisotopic (exact) mass is 326 g/mol. The number of nitrogens with zero attached hydrogens (tertiary/aromatic N) is 3. The van der Waals surface area contributed by atoms with Gasteiger partial charge in [-0.3, -0.25) is 14.7 Å². The zero-order valence-corrected chi connectivity index (χ0v) is 13.0. The van der Waals surface area contributed by atoms with Gasteiger partial charge in [-0.2, -0.15) is 0 Å². The number of fused-ring (bicyclic) bond motifs is 1. The number of nitrogens with one attached hydrogen (secondary N) is 1. The van der Waals surface area contributed by atoms with Crippen molar-refractivity contribution in [2.75, 3.05) is 13.6 Å². The molecule has 2 aromatic heterocycles. The molecule has 0 aliphatic carbocycles. The zero-order chi connectivity index (χ0) is 16.8. The number of aromatic nitrogens is 3. The second-order valence-corrected chi connectivity index (χ2v) is 6.05. The van der Waals surface area contributed by atoms with Crippen molar-refractivity contribution in [3.63, 3.8) is 0 Å². The third kappa shape index (κ3) is 2.29. The van der Waals surface area contributed by atoms with Crippen LogP contribution in [-0.4, -0.2) is 39.0 Å². The van der Waals surface area contributed by atoms with Crippen LogP contribution in [0.3, 0.4) is 0 Å². The molecule has 3 heterocycles. The van der Waals surface area contributed by atoms with E-state index in [0.717, 1.165) is 5.56 Å². The Morgan fingerprint density at radius 1 is 1.25 bits per heavy atom. The second kappa shape index (κ2) is 5.30. The summed E-state index contributed by atoms with van der Waals surface area (Å²) in [5, 5.41) is 2.88. The Hall–Kier alpha value is -2.96. The Bertz CT molecular complexity index is 990. The number of aromatic amines is 1. The summed E-state index contributed by atoms with van der Waals surface area (Å²) in [5.74, 6) is -0.358. The van der Waals surface area contributed by atoms with Gasteiger partial charge in [0.2, 0.25) is 5.91 Å². The largest absolute Gasteiger partial charge is 0.345 e. The fraction of sp³-hybridized carbons (Fsp3) is 0.235. The summed E-state index contributed by atoms with van der Waals surface area (Å²) in [6.45, 7) is 0.553. The minimum absolute atomic E-state index is 0.0508. The van der Waals surface area contributed by atoms with E-state index in [4.69, 9.17) is 0 Å². The molecule has 0 saturated carbocycles. The van der Waals surface area contributed by atoms with Gasteiger partial charge in [-0.05, 0) is 17.7 Å². The Balaban J connectivity index is 1.84. The van der Waals surface area contributed by atoms with Crippen LogP contribution in [0, 0.1) is 5.82 Å². The number of halogens is 1. The van der Waals surface area contributed by atoms with Crippen LogP contribution in [-0.2, 0) is 4.79 Å². The van der Waals surface area contributed by atoms with Crippen molar-refractivity contribution in [1.29, 1.82) is 0 Å². The lowest BCUT2D eigenvalue weighted by atomic mass is 10.0. The number of likely N-dealkylation sites (N-methyl/N-ethyl adjacent to an activating group) is 1. The molecule has 1 atom stereocenters. The first-order valence-corrected chi connectivity index (χ1v) is 7.64. The highest BCUT2D eigenvalue weighted by atomic mass is 19.1. The number of likely N-dealkylation sites (tertiary alicyclic amines) is 1. The Morgan fingerprint density at radius 2 is 2.00 bits per heavy atom. The number of hydrogen-bond acceptors (Lipinski definition) is 3. The number of H-pyrrole nitrogens is 1. The molecule has 24 heavy (non-hydrogen) atoms. The molecule has 1 saturated heterocycles. The number of amides is 1. The molecule has 3 aromatic rings. The maximum Gasteiger partial charge on any atom is 0.272 e. The number of carbonyl (C=O) groups excluding carboxylic acids is 1. The molecule has 1 fully saturated rings. The zero-order valence-electron chi connectivity index (χ0n) is 13.0. The van der Waals surface area contributed by atoms with Gasteiger partial charge in [0.05, 0.1) is 5.69 Å². The molecule has 6 nitrogen and oxygen atoms in total. The van der Waals surface area contributed by atoms with Crippen molar-refractivity contribution in [3.8, 4) is 11.1 Å². The highest BCUT2D eigenvalue weighted by Gasteiger charge is 2.29. The molecule has 1 aromatic carbocycles. The summed E-state index contributed by atoms with van der Waals surface area (Å²) in [4.78, 5) is 30.4. The summed E-state index contributed by atoms with van der Waals surface area (Å²) < 4.78 is 14.5. The topological polar surface area (TPSA) is 70.5 Å². The van der Waals surface area contributed by atoms with E-state index < -0.39 is 0 Å². The van der Waals surface area contributed by atoms with Gasteiger partial charge in [0.15, 0.2) is 5.65 Å². The van der Waals surface area contributed by atoms with Gasteiger partial charge >= 0.3 is 0 Å². The van der Waals surface area contributed by atoms with Crippen molar-refractivity contribution < 1.29 is 9.18 Å². The van der Waals surface area contributed by atoms with E-state index in [9.17, 15) is 14.0 Å². The van der Waals surface area contributed by atoms with Crippen LogP contribution in [0.1, 0.15) is 18.0 Å². The molecule has 0 radical (unpaired) electrons. The standard InChI is InChI=1S/C17H15FN4O2/c1-21-9-11(6-15(21)23)14-7-16(24)22-17(20-14)13(8-19-22)10-2-4-12(18)5-3-10/h2-5,7-8,11,19H,6,9H2,1H3/t11-/m0/s1. The Labute approximate surface area is 136 Å². The first kappa shape index (κ1) is 14.6. The summed E-state index contributed by atoms with van der Waals surface area (Å²) in [6.07, 6.45) is 2.03. The van der Waals surface area contributed by atoms with E-state index in [2.05, 4.69) is 10.1 Å². The molecule has 1 N–H and O–H groups in total. The first-order valence-electron chi connectivity index (χ1n) is 7.64. The van der Waals surface area contributed by atoms with E-state index in [1.165, 1.54) is 22.7 Å². The number of hydrogen-bond donors (Lipinski definition) is 1. The Kier molecular flexibility index (Phi) is 3.23. The molecule has 1 amide bonds. The van der Waals surface area contributed by atoms with Crippen molar-refractivity contribution in [3.05, 3.63) is 58.4 Å². The normalized spacial score (nSPS) is 17.8. The van der Waals surface area contributed by atoms with Crippen LogP contribution in [0.4, 0.5) is 4.39 Å². The number of carbonyl (C=O) groups is 1. The fourth-order valence-corrected chi connectivity index (χ4v) is 3.11. The number of rotatable bonds is 2. The molecule has 122 valence electrons. The molecular formula is C17H15FN4O2. The van der Waals surface area contributed by atoms with E-state index in [-0.39, 0.29) is 23.2 Å². The molecule has 1 aliphatic rings. The quantitative estimate of drug-likeness (QED) is 0.780. The highest BCUT2D eigenvalue weighted by Crippen LogP contribution is 2.28. The molecule has 0 spiro atoms. The van der Waals surface area contributed by atoms with Gasteiger partial charge in [-0.25, -0.2) is 13.9 Å². The lowest BCUT2D eigenvalue weighted by Crippen LogP contribution is -2.20. The maximum atomic E-state index is 13.1.